The first-order valence-electron chi connectivity index (χ1n) is 8.91. The van der Waals surface area contributed by atoms with Crippen molar-refractivity contribution in [3.05, 3.63) is 52.9 Å². The number of benzene rings is 2. The Balaban J connectivity index is 1.82. The number of rotatable bonds is 7. The van der Waals surface area contributed by atoms with Crippen LogP contribution in [0.1, 0.15) is 12.5 Å². The number of carboxylic acid groups (broad SMARTS) is 1. The third kappa shape index (κ3) is 4.93. The lowest BCUT2D eigenvalue weighted by Crippen LogP contribution is -2.23. The number of hydrogen-bond donors (Lipinski definition) is 2. The number of methoxy groups -OCH3 is 2. The standard InChI is InChI=1S/C21H20N2O6S/c1-12(20(25)26)29-16-9-8-13(10-17(16)28-3)11-18-19(24)23-21(30-18)22-14-6-4-5-7-15(14)27-2/h4-12H,1-3H3,(H,25,26)(H,22,23,24)/b18-11+. The van der Waals surface area contributed by atoms with Crippen molar-refractivity contribution in [2.75, 3.05) is 14.2 Å². The van der Waals surface area contributed by atoms with Gasteiger partial charge >= 0.3 is 5.97 Å². The van der Waals surface area contributed by atoms with Crippen molar-refractivity contribution in [2.24, 2.45) is 4.99 Å². The second-order valence-corrected chi connectivity index (χ2v) is 7.19. The molecular formula is C21H20N2O6S. The Morgan fingerprint density at radius 3 is 2.57 bits per heavy atom. The summed E-state index contributed by atoms with van der Waals surface area (Å²) in [4.78, 5) is 28.2. The normalized spacial score (nSPS) is 17.0. The van der Waals surface area contributed by atoms with Gasteiger partial charge in [-0.2, -0.15) is 0 Å². The number of amides is 1. The predicted molar refractivity (Wildman–Crippen MR) is 115 cm³/mol. The molecule has 8 nitrogen and oxygen atoms in total. The highest BCUT2D eigenvalue weighted by molar-refractivity contribution is 8.18. The highest BCUT2D eigenvalue weighted by Crippen LogP contribution is 2.34. The van der Waals surface area contributed by atoms with Crippen LogP contribution in [0.2, 0.25) is 0 Å². The molecule has 0 bridgehead atoms. The summed E-state index contributed by atoms with van der Waals surface area (Å²) >= 11 is 1.20. The molecule has 0 aliphatic carbocycles. The van der Waals surface area contributed by atoms with Gasteiger partial charge in [-0.05, 0) is 54.6 Å². The Labute approximate surface area is 177 Å². The van der Waals surface area contributed by atoms with E-state index in [1.807, 2.05) is 12.1 Å². The fraction of sp³-hybridized carbons (Fsp3) is 0.190. The van der Waals surface area contributed by atoms with Gasteiger partial charge in [-0.3, -0.25) is 4.79 Å². The highest BCUT2D eigenvalue weighted by Gasteiger charge is 2.24. The number of carboxylic acids is 1. The number of aliphatic carboxylic acids is 1. The van der Waals surface area contributed by atoms with Crippen molar-refractivity contribution in [3.63, 3.8) is 0 Å². The van der Waals surface area contributed by atoms with E-state index in [0.29, 0.717) is 38.6 Å². The summed E-state index contributed by atoms with van der Waals surface area (Å²) in [5.41, 5.74) is 1.30. The van der Waals surface area contributed by atoms with Crippen LogP contribution in [0.4, 0.5) is 5.69 Å². The summed E-state index contributed by atoms with van der Waals surface area (Å²) in [6.45, 7) is 1.43. The van der Waals surface area contributed by atoms with Gasteiger partial charge in [0.25, 0.3) is 5.91 Å². The molecule has 0 saturated carbocycles. The molecule has 1 unspecified atom stereocenters. The maximum atomic E-state index is 12.3. The Hall–Kier alpha value is -3.46. The van der Waals surface area contributed by atoms with Gasteiger partial charge in [0.1, 0.15) is 11.4 Å². The molecule has 1 fully saturated rings. The van der Waals surface area contributed by atoms with Gasteiger partial charge in [0, 0.05) is 0 Å². The van der Waals surface area contributed by atoms with Crippen molar-refractivity contribution in [3.8, 4) is 17.2 Å². The molecule has 9 heteroatoms. The zero-order valence-electron chi connectivity index (χ0n) is 16.5. The molecule has 2 N–H and O–H groups in total. The molecule has 0 aromatic heterocycles. The SMILES string of the molecule is COc1ccccc1N=C1NC(=O)/C(=C\c2ccc(OC(C)C(=O)O)c(OC)c2)S1. The monoisotopic (exact) mass is 428 g/mol. The molecule has 0 radical (unpaired) electrons. The van der Waals surface area contributed by atoms with E-state index in [9.17, 15) is 9.59 Å². The summed E-state index contributed by atoms with van der Waals surface area (Å²) in [7, 11) is 3.02. The quantitative estimate of drug-likeness (QED) is 0.651. The number of carbonyl (C=O) groups excluding carboxylic acids is 1. The van der Waals surface area contributed by atoms with Gasteiger partial charge in [0.2, 0.25) is 0 Å². The minimum absolute atomic E-state index is 0.271. The maximum absolute atomic E-state index is 12.3. The molecule has 0 spiro atoms. The van der Waals surface area contributed by atoms with Crippen molar-refractivity contribution in [1.29, 1.82) is 0 Å². The summed E-state index contributed by atoms with van der Waals surface area (Å²) < 4.78 is 16.0. The summed E-state index contributed by atoms with van der Waals surface area (Å²) in [6.07, 6.45) is 0.672. The second-order valence-electron chi connectivity index (χ2n) is 6.16. The van der Waals surface area contributed by atoms with E-state index in [-0.39, 0.29) is 5.91 Å². The number of hydrogen-bond acceptors (Lipinski definition) is 7. The Morgan fingerprint density at radius 1 is 1.13 bits per heavy atom. The number of ether oxygens (including phenoxy) is 3. The average molecular weight is 428 g/mol. The van der Waals surface area contributed by atoms with Crippen LogP contribution in [0, 0.1) is 0 Å². The summed E-state index contributed by atoms with van der Waals surface area (Å²) in [5.74, 6) is -0.0787. The molecule has 3 rings (SSSR count). The predicted octanol–water partition coefficient (Wildman–Crippen LogP) is 3.45. The van der Waals surface area contributed by atoms with Crippen LogP contribution in [-0.2, 0) is 9.59 Å². The van der Waals surface area contributed by atoms with E-state index in [4.69, 9.17) is 19.3 Å². The first kappa shape index (κ1) is 21.3. The van der Waals surface area contributed by atoms with E-state index in [2.05, 4.69) is 10.3 Å². The fourth-order valence-corrected chi connectivity index (χ4v) is 3.41. The number of nitrogens with one attached hydrogen (secondary N) is 1. The number of carbonyl (C=O) groups is 2. The average Bonchev–Trinajstić information content (AvgIpc) is 3.07. The largest absolute Gasteiger partial charge is 0.494 e. The molecule has 1 aliphatic heterocycles. The topological polar surface area (TPSA) is 106 Å². The van der Waals surface area contributed by atoms with Crippen LogP contribution in [0.3, 0.4) is 0 Å². The van der Waals surface area contributed by atoms with Gasteiger partial charge in [-0.1, -0.05) is 18.2 Å². The molecule has 1 heterocycles. The summed E-state index contributed by atoms with van der Waals surface area (Å²) in [6, 6.07) is 12.2. The van der Waals surface area contributed by atoms with Gasteiger partial charge in [-0.15, -0.1) is 0 Å². The Morgan fingerprint density at radius 2 is 1.87 bits per heavy atom. The zero-order chi connectivity index (χ0) is 21.7. The van der Waals surface area contributed by atoms with Crippen LogP contribution in [-0.4, -0.2) is 42.5 Å². The molecule has 2 aromatic carbocycles. The van der Waals surface area contributed by atoms with E-state index >= 15 is 0 Å². The van der Waals surface area contributed by atoms with Crippen molar-refractivity contribution >= 4 is 40.6 Å². The van der Waals surface area contributed by atoms with Crippen molar-refractivity contribution in [1.82, 2.24) is 5.32 Å². The van der Waals surface area contributed by atoms with E-state index < -0.39 is 12.1 Å². The minimum Gasteiger partial charge on any atom is -0.494 e. The van der Waals surface area contributed by atoms with E-state index in [1.54, 1.807) is 43.5 Å². The lowest BCUT2D eigenvalue weighted by Gasteiger charge is -2.14. The number of nitrogens with zero attached hydrogens (tertiary/aromatic N) is 1. The van der Waals surface area contributed by atoms with Gasteiger partial charge < -0.3 is 24.6 Å². The first-order valence-corrected chi connectivity index (χ1v) is 9.73. The van der Waals surface area contributed by atoms with Gasteiger partial charge in [-0.25, -0.2) is 9.79 Å². The minimum atomic E-state index is -1.08. The molecule has 1 aliphatic rings. The molecule has 1 saturated heterocycles. The number of aliphatic imine (C=N–C) groups is 1. The van der Waals surface area contributed by atoms with E-state index in [0.717, 1.165) is 0 Å². The van der Waals surface area contributed by atoms with Gasteiger partial charge in [0.15, 0.2) is 22.8 Å². The number of para-hydroxylation sites is 2. The molecular weight excluding hydrogens is 408 g/mol. The van der Waals surface area contributed by atoms with Crippen molar-refractivity contribution in [2.45, 2.75) is 13.0 Å². The number of thioether (sulfide) groups is 1. The Kier molecular flexibility index (Phi) is 6.63. The van der Waals surface area contributed by atoms with Crippen LogP contribution >= 0.6 is 11.8 Å². The lowest BCUT2D eigenvalue weighted by molar-refractivity contribution is -0.144. The van der Waals surface area contributed by atoms with Gasteiger partial charge in [0.05, 0.1) is 19.1 Å². The highest BCUT2D eigenvalue weighted by atomic mass is 32.2. The Bertz CT molecular complexity index is 1030. The van der Waals surface area contributed by atoms with Crippen LogP contribution in [0.15, 0.2) is 52.4 Å². The van der Waals surface area contributed by atoms with Crippen LogP contribution in [0.5, 0.6) is 17.2 Å². The third-order valence-corrected chi connectivity index (χ3v) is 5.00. The fourth-order valence-electron chi connectivity index (χ4n) is 2.58. The van der Waals surface area contributed by atoms with E-state index in [1.165, 1.54) is 25.8 Å². The molecule has 156 valence electrons. The van der Waals surface area contributed by atoms with Crippen molar-refractivity contribution < 1.29 is 28.9 Å². The summed E-state index contributed by atoms with van der Waals surface area (Å²) in [5, 5.41) is 12.2. The molecule has 2 aromatic rings. The first-order chi connectivity index (χ1) is 14.4. The third-order valence-electron chi connectivity index (χ3n) is 4.10. The molecule has 30 heavy (non-hydrogen) atoms. The second kappa shape index (κ2) is 9.36. The lowest BCUT2D eigenvalue weighted by atomic mass is 10.2. The maximum Gasteiger partial charge on any atom is 0.344 e. The number of amidine groups is 1. The van der Waals surface area contributed by atoms with Crippen LogP contribution < -0.4 is 19.5 Å². The molecule has 1 atom stereocenters. The molecule has 1 amide bonds. The smallest absolute Gasteiger partial charge is 0.344 e. The zero-order valence-corrected chi connectivity index (χ0v) is 17.4. The van der Waals surface area contributed by atoms with Crippen LogP contribution in [0.25, 0.3) is 6.08 Å².